The highest BCUT2D eigenvalue weighted by atomic mass is 15.3. The third-order valence-electron chi connectivity index (χ3n) is 3.93. The smallest absolute Gasteiger partial charge is 0.205 e. The first-order chi connectivity index (χ1) is 9.70. The Hall–Kier alpha value is -1.07. The monoisotopic (exact) mass is 279 g/mol. The summed E-state index contributed by atoms with van der Waals surface area (Å²) in [5.74, 6) is 1.12. The second-order valence-corrected chi connectivity index (χ2v) is 5.74. The molecule has 1 fully saturated rings. The maximum atomic E-state index is 4.69. The highest BCUT2D eigenvalue weighted by Crippen LogP contribution is 2.14. The van der Waals surface area contributed by atoms with Gasteiger partial charge in [-0.25, -0.2) is 4.98 Å². The summed E-state index contributed by atoms with van der Waals surface area (Å²) < 4.78 is 2.30. The lowest BCUT2D eigenvalue weighted by Gasteiger charge is -2.29. The first-order valence-electron chi connectivity index (χ1n) is 7.88. The van der Waals surface area contributed by atoms with Gasteiger partial charge in [0.25, 0.3) is 0 Å². The van der Waals surface area contributed by atoms with Crippen molar-refractivity contribution in [2.45, 2.75) is 33.2 Å². The lowest BCUT2D eigenvalue weighted by molar-refractivity contribution is 0.246. The SMILES string of the molecule is CCCCn1cc(C)nc1N(C)CCN1CCNCC1. The third-order valence-corrected chi connectivity index (χ3v) is 3.93. The number of likely N-dealkylation sites (N-methyl/N-ethyl adjacent to an activating group) is 1. The number of aromatic nitrogens is 2. The summed E-state index contributed by atoms with van der Waals surface area (Å²) in [6.45, 7) is 12.1. The number of nitrogens with zero attached hydrogens (tertiary/aromatic N) is 4. The fourth-order valence-corrected chi connectivity index (χ4v) is 2.66. The summed E-state index contributed by atoms with van der Waals surface area (Å²) in [6.07, 6.45) is 4.61. The highest BCUT2D eigenvalue weighted by Gasteiger charge is 2.13. The van der Waals surface area contributed by atoms with Gasteiger partial charge in [-0.3, -0.25) is 4.90 Å². The van der Waals surface area contributed by atoms with Gasteiger partial charge >= 0.3 is 0 Å². The molecule has 0 saturated carbocycles. The molecule has 0 radical (unpaired) electrons. The Morgan fingerprint density at radius 3 is 2.75 bits per heavy atom. The van der Waals surface area contributed by atoms with Gasteiger partial charge in [-0.15, -0.1) is 0 Å². The first kappa shape index (κ1) is 15.3. The quantitative estimate of drug-likeness (QED) is 0.817. The molecule has 1 aliphatic rings. The topological polar surface area (TPSA) is 36.3 Å². The second-order valence-electron chi connectivity index (χ2n) is 5.74. The van der Waals surface area contributed by atoms with Gasteiger partial charge in [0.2, 0.25) is 5.95 Å². The van der Waals surface area contributed by atoms with E-state index in [0.717, 1.165) is 57.5 Å². The van der Waals surface area contributed by atoms with Crippen LogP contribution < -0.4 is 10.2 Å². The molecule has 1 N–H and O–H groups in total. The van der Waals surface area contributed by atoms with Gasteiger partial charge < -0.3 is 14.8 Å². The van der Waals surface area contributed by atoms with Gasteiger partial charge in [-0.1, -0.05) is 13.3 Å². The van der Waals surface area contributed by atoms with E-state index in [-0.39, 0.29) is 0 Å². The molecule has 20 heavy (non-hydrogen) atoms. The Balaban J connectivity index is 1.88. The van der Waals surface area contributed by atoms with Crippen LogP contribution in [-0.4, -0.2) is 60.8 Å². The van der Waals surface area contributed by atoms with Gasteiger partial charge in [0.1, 0.15) is 0 Å². The van der Waals surface area contributed by atoms with Gasteiger partial charge in [-0.2, -0.15) is 0 Å². The van der Waals surface area contributed by atoms with E-state index in [1.54, 1.807) is 0 Å². The molecule has 1 aliphatic heterocycles. The number of imidazole rings is 1. The van der Waals surface area contributed by atoms with Crippen molar-refractivity contribution in [3.8, 4) is 0 Å². The second kappa shape index (κ2) is 7.64. The molecule has 1 aromatic heterocycles. The van der Waals surface area contributed by atoms with Crippen molar-refractivity contribution < 1.29 is 0 Å². The number of aryl methyl sites for hydroxylation is 2. The summed E-state index contributed by atoms with van der Waals surface area (Å²) in [6, 6.07) is 0. The average Bonchev–Trinajstić information content (AvgIpc) is 2.84. The van der Waals surface area contributed by atoms with Crippen molar-refractivity contribution in [2.75, 3.05) is 51.2 Å². The number of rotatable bonds is 7. The molecule has 2 heterocycles. The van der Waals surface area contributed by atoms with Crippen LogP contribution in [0.1, 0.15) is 25.5 Å². The van der Waals surface area contributed by atoms with Crippen LogP contribution in [-0.2, 0) is 6.54 Å². The largest absolute Gasteiger partial charge is 0.344 e. The molecule has 5 heteroatoms. The standard InChI is InChI=1S/C15H29N5/c1-4-5-8-20-13-14(2)17-15(20)18(3)11-12-19-9-6-16-7-10-19/h13,16H,4-12H2,1-3H3. The summed E-state index contributed by atoms with van der Waals surface area (Å²) >= 11 is 0. The first-order valence-corrected chi connectivity index (χ1v) is 7.88. The van der Waals surface area contributed by atoms with Crippen molar-refractivity contribution in [3.63, 3.8) is 0 Å². The van der Waals surface area contributed by atoms with Crippen LogP contribution >= 0.6 is 0 Å². The Kier molecular flexibility index (Phi) is 5.86. The Bertz CT molecular complexity index is 395. The van der Waals surface area contributed by atoms with Gasteiger partial charge in [0.15, 0.2) is 0 Å². The Morgan fingerprint density at radius 2 is 2.05 bits per heavy atom. The molecule has 0 aromatic carbocycles. The van der Waals surface area contributed by atoms with Gasteiger partial charge in [0, 0.05) is 59.1 Å². The van der Waals surface area contributed by atoms with E-state index in [1.807, 2.05) is 0 Å². The van der Waals surface area contributed by atoms with Crippen LogP contribution in [0.25, 0.3) is 0 Å². The number of hydrogen-bond acceptors (Lipinski definition) is 4. The molecule has 0 spiro atoms. The van der Waals surface area contributed by atoms with Crippen molar-refractivity contribution in [2.24, 2.45) is 0 Å². The predicted molar refractivity (Wildman–Crippen MR) is 84.5 cm³/mol. The van der Waals surface area contributed by atoms with Gasteiger partial charge in [0.05, 0.1) is 5.69 Å². The van der Waals surface area contributed by atoms with Crippen LogP contribution in [0.2, 0.25) is 0 Å². The van der Waals surface area contributed by atoms with Crippen LogP contribution in [0.5, 0.6) is 0 Å². The molecular weight excluding hydrogens is 250 g/mol. The Labute approximate surface area is 123 Å². The van der Waals surface area contributed by atoms with E-state index < -0.39 is 0 Å². The van der Waals surface area contributed by atoms with Gasteiger partial charge in [-0.05, 0) is 13.3 Å². The zero-order valence-corrected chi connectivity index (χ0v) is 13.2. The Morgan fingerprint density at radius 1 is 1.30 bits per heavy atom. The van der Waals surface area contributed by atoms with Crippen LogP contribution in [0, 0.1) is 6.92 Å². The van der Waals surface area contributed by atoms with Crippen LogP contribution in [0.15, 0.2) is 6.20 Å². The molecule has 0 bridgehead atoms. The minimum atomic E-state index is 1.04. The van der Waals surface area contributed by atoms with Crippen molar-refractivity contribution in [3.05, 3.63) is 11.9 Å². The van der Waals surface area contributed by atoms with E-state index in [1.165, 1.54) is 12.8 Å². The minimum Gasteiger partial charge on any atom is -0.344 e. The average molecular weight is 279 g/mol. The fraction of sp³-hybridized carbons (Fsp3) is 0.800. The fourth-order valence-electron chi connectivity index (χ4n) is 2.66. The normalized spacial score (nSPS) is 16.6. The molecule has 5 nitrogen and oxygen atoms in total. The number of piperazine rings is 1. The summed E-state index contributed by atoms with van der Waals surface area (Å²) in [7, 11) is 2.16. The summed E-state index contributed by atoms with van der Waals surface area (Å²) in [5, 5.41) is 3.40. The minimum absolute atomic E-state index is 1.04. The summed E-state index contributed by atoms with van der Waals surface area (Å²) in [4.78, 5) is 9.51. The number of hydrogen-bond donors (Lipinski definition) is 1. The number of nitrogens with one attached hydrogen (secondary N) is 1. The molecule has 114 valence electrons. The van der Waals surface area contributed by atoms with E-state index >= 15 is 0 Å². The third kappa shape index (κ3) is 4.21. The van der Waals surface area contributed by atoms with Crippen molar-refractivity contribution >= 4 is 5.95 Å². The molecule has 0 amide bonds. The predicted octanol–water partition coefficient (Wildman–Crippen LogP) is 1.33. The number of anilines is 1. The van der Waals surface area contributed by atoms with E-state index in [2.05, 4.69) is 51.8 Å². The molecular formula is C15H29N5. The molecule has 0 unspecified atom stereocenters. The highest BCUT2D eigenvalue weighted by molar-refractivity contribution is 5.32. The van der Waals surface area contributed by atoms with Crippen molar-refractivity contribution in [1.82, 2.24) is 19.8 Å². The zero-order chi connectivity index (χ0) is 14.4. The molecule has 0 atom stereocenters. The lowest BCUT2D eigenvalue weighted by Crippen LogP contribution is -2.46. The lowest BCUT2D eigenvalue weighted by atomic mass is 10.3. The number of unbranched alkanes of at least 4 members (excludes halogenated alkanes) is 1. The van der Waals surface area contributed by atoms with Crippen LogP contribution in [0.3, 0.4) is 0 Å². The summed E-state index contributed by atoms with van der Waals surface area (Å²) in [5.41, 5.74) is 1.12. The molecule has 0 aliphatic carbocycles. The van der Waals surface area contributed by atoms with E-state index in [9.17, 15) is 0 Å². The van der Waals surface area contributed by atoms with E-state index in [4.69, 9.17) is 0 Å². The maximum absolute atomic E-state index is 4.69. The maximum Gasteiger partial charge on any atom is 0.205 e. The molecule has 1 aromatic rings. The molecule has 1 saturated heterocycles. The molecule has 2 rings (SSSR count). The zero-order valence-electron chi connectivity index (χ0n) is 13.2. The van der Waals surface area contributed by atoms with Crippen molar-refractivity contribution in [1.29, 1.82) is 0 Å². The van der Waals surface area contributed by atoms with E-state index in [0.29, 0.717) is 0 Å². The van der Waals surface area contributed by atoms with Crippen LogP contribution in [0.4, 0.5) is 5.95 Å².